The number of aromatic nitrogens is 7. The maximum atomic E-state index is 11.1. The summed E-state index contributed by atoms with van der Waals surface area (Å²) >= 11 is 0. The zero-order valence-corrected chi connectivity index (χ0v) is 20.4. The van der Waals surface area contributed by atoms with Crippen LogP contribution in [0.3, 0.4) is 0 Å². The third-order valence-electron chi connectivity index (χ3n) is 6.89. The molecule has 0 amide bonds. The zero-order chi connectivity index (χ0) is 25.4. The van der Waals surface area contributed by atoms with Crippen molar-refractivity contribution in [3.05, 3.63) is 78.8 Å². The fraction of sp³-hybridized carbons (Fsp3) is 0.259. The minimum Gasteiger partial charge on any atom is -0.389 e. The molecule has 184 valence electrons. The van der Waals surface area contributed by atoms with Gasteiger partial charge in [-0.15, -0.1) is 0 Å². The quantitative estimate of drug-likeness (QED) is 0.398. The molecule has 37 heavy (non-hydrogen) atoms. The highest BCUT2D eigenvalue weighted by molar-refractivity contribution is 5.83. The predicted octanol–water partition coefficient (Wildman–Crippen LogP) is 3.03. The lowest BCUT2D eigenvalue weighted by atomic mass is 9.87. The average Bonchev–Trinajstić information content (AvgIpc) is 3.55. The third-order valence-corrected chi connectivity index (χ3v) is 6.89. The van der Waals surface area contributed by atoms with E-state index < -0.39 is 5.60 Å². The van der Waals surface area contributed by atoms with Gasteiger partial charge in [-0.05, 0) is 37.1 Å². The Kier molecular flexibility index (Phi) is 5.62. The van der Waals surface area contributed by atoms with Crippen molar-refractivity contribution < 1.29 is 5.11 Å². The number of anilines is 1. The molecule has 1 fully saturated rings. The number of rotatable bonds is 5. The van der Waals surface area contributed by atoms with Crippen LogP contribution in [0.5, 0.6) is 0 Å². The van der Waals surface area contributed by atoms with Gasteiger partial charge in [0.15, 0.2) is 0 Å². The van der Waals surface area contributed by atoms with Crippen LogP contribution in [0.1, 0.15) is 24.1 Å². The van der Waals surface area contributed by atoms with Crippen LogP contribution < -0.4 is 4.90 Å². The standard InChI is InChI=1S/C27H25N9O/c1-34-17-21(16-31-34)23-18-36-26(20(13-28)15-32-36)25(33-23)19-5-6-24(30-14-19)35-10-7-27(37,8-11-35)12-22-4-2-3-9-29-22/h2-6,9,14-18,37H,7-8,10-12H2,1H3. The molecule has 0 radical (unpaired) electrons. The summed E-state index contributed by atoms with van der Waals surface area (Å²) in [6, 6.07) is 11.9. The molecule has 6 rings (SSSR count). The maximum absolute atomic E-state index is 11.1. The molecule has 0 bridgehead atoms. The Bertz CT molecular complexity index is 1590. The molecule has 1 saturated heterocycles. The maximum Gasteiger partial charge on any atom is 0.128 e. The van der Waals surface area contributed by atoms with Crippen molar-refractivity contribution in [1.82, 2.24) is 34.3 Å². The molecule has 0 saturated carbocycles. The van der Waals surface area contributed by atoms with Crippen LogP contribution >= 0.6 is 0 Å². The first-order valence-electron chi connectivity index (χ1n) is 12.1. The van der Waals surface area contributed by atoms with Gasteiger partial charge in [-0.3, -0.25) is 9.67 Å². The number of nitriles is 1. The number of aliphatic hydroxyl groups is 1. The topological polar surface area (TPSA) is 121 Å². The second-order valence-electron chi connectivity index (χ2n) is 9.45. The molecular formula is C27H25N9O. The first kappa shape index (κ1) is 22.8. The van der Waals surface area contributed by atoms with Gasteiger partial charge in [0.05, 0.1) is 35.6 Å². The number of nitrogens with zero attached hydrogens (tertiary/aromatic N) is 9. The van der Waals surface area contributed by atoms with Gasteiger partial charge in [0.2, 0.25) is 0 Å². The molecule has 10 heteroatoms. The molecule has 5 aromatic rings. The summed E-state index contributed by atoms with van der Waals surface area (Å²) in [5.41, 5.74) is 4.23. The van der Waals surface area contributed by atoms with E-state index in [2.05, 4.69) is 26.2 Å². The lowest BCUT2D eigenvalue weighted by molar-refractivity contribution is 0.0156. The van der Waals surface area contributed by atoms with Crippen molar-refractivity contribution in [2.45, 2.75) is 24.9 Å². The van der Waals surface area contributed by atoms with Gasteiger partial charge in [-0.2, -0.15) is 15.5 Å². The summed E-state index contributed by atoms with van der Waals surface area (Å²) in [6.07, 6.45) is 12.4. The van der Waals surface area contributed by atoms with Gasteiger partial charge >= 0.3 is 0 Å². The van der Waals surface area contributed by atoms with Crippen molar-refractivity contribution in [2.75, 3.05) is 18.0 Å². The third kappa shape index (κ3) is 4.41. The summed E-state index contributed by atoms with van der Waals surface area (Å²) in [7, 11) is 1.85. The minimum absolute atomic E-state index is 0.451. The van der Waals surface area contributed by atoms with Crippen LogP contribution in [0.2, 0.25) is 0 Å². The van der Waals surface area contributed by atoms with Crippen LogP contribution in [0, 0.1) is 11.3 Å². The lowest BCUT2D eigenvalue weighted by Crippen LogP contribution is -2.46. The summed E-state index contributed by atoms with van der Waals surface area (Å²) in [6.45, 7) is 1.41. The molecule has 6 heterocycles. The number of hydrogen-bond donors (Lipinski definition) is 1. The van der Waals surface area contributed by atoms with Crippen LogP contribution in [-0.2, 0) is 13.5 Å². The number of aryl methyl sites for hydroxylation is 1. The van der Waals surface area contributed by atoms with E-state index >= 15 is 0 Å². The summed E-state index contributed by atoms with van der Waals surface area (Å²) in [5, 5.41) is 29.4. The number of hydrogen-bond acceptors (Lipinski definition) is 8. The van der Waals surface area contributed by atoms with E-state index in [1.165, 1.54) is 0 Å². The number of fused-ring (bicyclic) bond motifs is 1. The Morgan fingerprint density at radius 1 is 1.00 bits per heavy atom. The van der Waals surface area contributed by atoms with Crippen LogP contribution in [0.4, 0.5) is 5.82 Å². The van der Waals surface area contributed by atoms with Crippen LogP contribution in [0.15, 0.2) is 67.5 Å². The average molecular weight is 492 g/mol. The van der Waals surface area contributed by atoms with Gasteiger partial charge in [0.1, 0.15) is 23.0 Å². The second-order valence-corrected chi connectivity index (χ2v) is 9.45. The minimum atomic E-state index is -0.761. The highest BCUT2D eigenvalue weighted by atomic mass is 16.3. The molecule has 1 N–H and O–H groups in total. The van der Waals surface area contributed by atoms with Crippen molar-refractivity contribution >= 4 is 11.3 Å². The fourth-order valence-corrected chi connectivity index (χ4v) is 4.87. The summed E-state index contributed by atoms with van der Waals surface area (Å²) < 4.78 is 3.40. The van der Waals surface area contributed by atoms with Gasteiger partial charge < -0.3 is 10.0 Å². The zero-order valence-electron chi connectivity index (χ0n) is 20.4. The molecule has 5 aromatic heterocycles. The number of piperidine rings is 1. The Labute approximate surface area is 213 Å². The van der Waals surface area contributed by atoms with Crippen molar-refractivity contribution in [3.63, 3.8) is 0 Å². The number of pyridine rings is 2. The molecule has 0 aliphatic carbocycles. The summed E-state index contributed by atoms with van der Waals surface area (Å²) in [4.78, 5) is 16.2. The highest BCUT2D eigenvalue weighted by Crippen LogP contribution is 2.31. The molecule has 0 atom stereocenters. The first-order valence-corrected chi connectivity index (χ1v) is 12.1. The fourth-order valence-electron chi connectivity index (χ4n) is 4.87. The van der Waals surface area contributed by atoms with E-state index in [4.69, 9.17) is 9.97 Å². The van der Waals surface area contributed by atoms with Crippen LogP contribution in [0.25, 0.3) is 28.0 Å². The van der Waals surface area contributed by atoms with E-state index in [0.29, 0.717) is 54.8 Å². The Morgan fingerprint density at radius 3 is 2.54 bits per heavy atom. The van der Waals surface area contributed by atoms with Gasteiger partial charge in [0, 0.05) is 62.0 Å². The molecule has 1 aliphatic rings. The molecule has 0 spiro atoms. The normalized spacial score (nSPS) is 15.1. The first-order chi connectivity index (χ1) is 18.0. The highest BCUT2D eigenvalue weighted by Gasteiger charge is 2.33. The van der Waals surface area contributed by atoms with E-state index in [-0.39, 0.29) is 0 Å². The van der Waals surface area contributed by atoms with Crippen molar-refractivity contribution in [1.29, 1.82) is 5.26 Å². The van der Waals surface area contributed by atoms with Gasteiger partial charge in [-0.1, -0.05) is 6.07 Å². The lowest BCUT2D eigenvalue weighted by Gasteiger charge is -2.38. The Morgan fingerprint density at radius 2 is 1.86 bits per heavy atom. The van der Waals surface area contributed by atoms with Gasteiger partial charge in [0.25, 0.3) is 0 Å². The monoisotopic (exact) mass is 491 g/mol. The predicted molar refractivity (Wildman–Crippen MR) is 137 cm³/mol. The van der Waals surface area contributed by atoms with Crippen molar-refractivity contribution in [3.8, 4) is 28.6 Å². The Hall–Kier alpha value is -4.62. The molecular weight excluding hydrogens is 466 g/mol. The van der Waals surface area contributed by atoms with Crippen LogP contribution in [-0.4, -0.2) is 58.1 Å². The molecule has 0 aromatic carbocycles. The van der Waals surface area contributed by atoms with E-state index in [1.807, 2.05) is 43.6 Å². The SMILES string of the molecule is Cn1cc(-c2cn3ncc(C#N)c3c(-c3ccc(N4CCC(O)(Cc5ccccn5)CC4)nc3)n2)cn1. The van der Waals surface area contributed by atoms with E-state index in [1.54, 1.807) is 40.2 Å². The van der Waals surface area contributed by atoms with E-state index in [0.717, 1.165) is 22.6 Å². The summed E-state index contributed by atoms with van der Waals surface area (Å²) in [5.74, 6) is 0.845. The smallest absolute Gasteiger partial charge is 0.128 e. The van der Waals surface area contributed by atoms with Gasteiger partial charge in [-0.25, -0.2) is 14.5 Å². The molecule has 1 aliphatic heterocycles. The van der Waals surface area contributed by atoms with Crippen molar-refractivity contribution in [2.24, 2.45) is 7.05 Å². The molecule has 10 nitrogen and oxygen atoms in total. The molecule has 0 unspecified atom stereocenters. The Balaban J connectivity index is 1.26. The second kappa shape index (κ2) is 9.11. The van der Waals surface area contributed by atoms with E-state index in [9.17, 15) is 10.4 Å². The largest absolute Gasteiger partial charge is 0.389 e.